The lowest BCUT2D eigenvalue weighted by atomic mass is 10.1. The molecule has 0 aliphatic rings. The third-order valence-corrected chi connectivity index (χ3v) is 6.07. The van der Waals surface area contributed by atoms with Crippen LogP contribution < -0.4 is 10.2 Å². The van der Waals surface area contributed by atoms with Crippen molar-refractivity contribution in [3.05, 3.63) is 79.7 Å². The molecule has 0 saturated heterocycles. The monoisotopic (exact) mass is 515 g/mol. The number of nitrogens with one attached hydrogen (secondary N) is 1. The van der Waals surface area contributed by atoms with Crippen molar-refractivity contribution in [3.8, 4) is 11.4 Å². The van der Waals surface area contributed by atoms with E-state index in [9.17, 15) is 4.79 Å². The molecule has 0 aliphatic carbocycles. The van der Waals surface area contributed by atoms with Gasteiger partial charge in [0.15, 0.2) is 0 Å². The van der Waals surface area contributed by atoms with Crippen LogP contribution >= 0.6 is 22.6 Å². The summed E-state index contributed by atoms with van der Waals surface area (Å²) in [6.45, 7) is 8.47. The predicted molar refractivity (Wildman–Crippen MR) is 130 cm³/mol. The van der Waals surface area contributed by atoms with E-state index in [2.05, 4.69) is 89.6 Å². The molecule has 1 aromatic heterocycles. The molecule has 5 nitrogen and oxygen atoms in total. The van der Waals surface area contributed by atoms with Crippen LogP contribution in [0, 0.1) is 24.3 Å². The summed E-state index contributed by atoms with van der Waals surface area (Å²) in [6.07, 6.45) is 2.66. The fourth-order valence-corrected chi connectivity index (χ4v) is 4.17. The zero-order valence-corrected chi connectivity index (χ0v) is 20.1. The maximum atomic E-state index is 12.4. The Balaban J connectivity index is 1.85. The molecule has 0 saturated carbocycles. The fraction of sp³-hybridized carbons (Fsp3) is 0.250. The van der Waals surface area contributed by atoms with E-state index in [-0.39, 0.29) is 5.91 Å². The smallest absolute Gasteiger partial charge is 0.271 e. The van der Waals surface area contributed by atoms with Gasteiger partial charge < -0.3 is 9.30 Å². The van der Waals surface area contributed by atoms with E-state index in [0.29, 0.717) is 11.3 Å². The summed E-state index contributed by atoms with van der Waals surface area (Å²) in [4.78, 5) is 12.4. The molecule has 6 heteroatoms. The molecule has 156 valence electrons. The summed E-state index contributed by atoms with van der Waals surface area (Å²) in [5.41, 5.74) is 10.1. The van der Waals surface area contributed by atoms with Crippen LogP contribution in [0.5, 0.6) is 5.75 Å². The molecule has 0 spiro atoms. The zero-order valence-electron chi connectivity index (χ0n) is 17.9. The Kier molecular flexibility index (Phi) is 6.97. The number of para-hydroxylation sites is 1. The molecule has 3 aromatic rings. The maximum Gasteiger partial charge on any atom is 0.271 e. The number of hydrazone groups is 1. The zero-order chi connectivity index (χ0) is 21.8. The van der Waals surface area contributed by atoms with E-state index in [1.165, 1.54) is 16.8 Å². The van der Waals surface area contributed by atoms with Crippen molar-refractivity contribution in [1.29, 1.82) is 0 Å². The van der Waals surface area contributed by atoms with Crippen LogP contribution in [0.4, 0.5) is 0 Å². The summed E-state index contributed by atoms with van der Waals surface area (Å²) in [6, 6.07) is 13.8. The molecule has 1 N–H and O–H groups in total. The fourth-order valence-electron chi connectivity index (χ4n) is 3.61. The lowest BCUT2D eigenvalue weighted by Crippen LogP contribution is -2.17. The highest BCUT2D eigenvalue weighted by molar-refractivity contribution is 14.1. The minimum atomic E-state index is -0.276. The number of aromatic nitrogens is 1. The van der Waals surface area contributed by atoms with Crippen molar-refractivity contribution >= 4 is 34.7 Å². The Bertz CT molecular complexity index is 1120. The van der Waals surface area contributed by atoms with Gasteiger partial charge in [-0.05, 0) is 85.2 Å². The first-order chi connectivity index (χ1) is 14.4. The van der Waals surface area contributed by atoms with Crippen LogP contribution in [-0.4, -0.2) is 23.8 Å². The van der Waals surface area contributed by atoms with Crippen molar-refractivity contribution in [3.63, 3.8) is 0 Å². The Morgan fingerprint density at radius 1 is 1.20 bits per heavy atom. The van der Waals surface area contributed by atoms with E-state index in [1.807, 2.05) is 6.07 Å². The highest BCUT2D eigenvalue weighted by Gasteiger charge is 2.14. The number of methoxy groups -OCH3 is 1. The van der Waals surface area contributed by atoms with Crippen molar-refractivity contribution in [2.45, 2.75) is 34.1 Å². The van der Waals surface area contributed by atoms with Crippen molar-refractivity contribution in [1.82, 2.24) is 9.99 Å². The molecule has 2 aromatic carbocycles. The SMILES string of the molecule is CCc1cccc(C)c1-n1c(C)cc(/C=N/NC(=O)c2ccc(I)c(OC)c2)c1C. The molecule has 3 rings (SSSR count). The summed E-state index contributed by atoms with van der Waals surface area (Å²) in [5, 5.41) is 4.19. The molecule has 0 atom stereocenters. The molecule has 0 bridgehead atoms. The third-order valence-electron chi connectivity index (χ3n) is 5.18. The predicted octanol–water partition coefficient (Wildman–Crippen LogP) is 5.34. The molecule has 1 heterocycles. The Labute approximate surface area is 191 Å². The van der Waals surface area contributed by atoms with Gasteiger partial charge in [0, 0.05) is 22.5 Å². The number of nitrogens with zero attached hydrogens (tertiary/aromatic N) is 2. The standard InChI is InChI=1S/C24H26IN3O2/c1-6-18-9-7-8-15(2)23(18)28-16(3)12-20(17(28)4)14-26-27-24(29)19-10-11-21(25)22(13-19)30-5/h7-14H,6H2,1-5H3,(H,27,29)/b26-14+. The van der Waals surface area contributed by atoms with Gasteiger partial charge in [-0.1, -0.05) is 25.1 Å². The summed E-state index contributed by atoms with van der Waals surface area (Å²) in [7, 11) is 1.59. The number of halogens is 1. The first-order valence-corrected chi connectivity index (χ1v) is 10.9. The van der Waals surface area contributed by atoms with Gasteiger partial charge in [0.2, 0.25) is 0 Å². The second-order valence-corrected chi connectivity index (χ2v) is 8.31. The van der Waals surface area contributed by atoms with Gasteiger partial charge >= 0.3 is 0 Å². The number of aryl methyl sites for hydroxylation is 3. The van der Waals surface area contributed by atoms with Crippen molar-refractivity contribution in [2.75, 3.05) is 7.11 Å². The number of ether oxygens (including phenoxy) is 1. The van der Waals surface area contributed by atoms with Gasteiger partial charge in [-0.25, -0.2) is 5.43 Å². The van der Waals surface area contributed by atoms with Crippen molar-refractivity contribution in [2.24, 2.45) is 5.10 Å². The van der Waals surface area contributed by atoms with E-state index < -0.39 is 0 Å². The average Bonchev–Trinajstić information content (AvgIpc) is 3.01. The quantitative estimate of drug-likeness (QED) is 0.274. The number of amides is 1. The first kappa shape index (κ1) is 22.1. The van der Waals surface area contributed by atoms with Gasteiger partial charge in [-0.3, -0.25) is 4.79 Å². The number of rotatable bonds is 6. The van der Waals surface area contributed by atoms with Gasteiger partial charge in [0.25, 0.3) is 5.91 Å². The lowest BCUT2D eigenvalue weighted by Gasteiger charge is -2.17. The third kappa shape index (κ3) is 4.43. The van der Waals surface area contributed by atoms with Crippen LogP contribution in [0.1, 0.15) is 45.4 Å². The molecule has 1 amide bonds. The van der Waals surface area contributed by atoms with E-state index in [1.54, 1.807) is 25.5 Å². The molecule has 0 fully saturated rings. The number of hydrogen-bond acceptors (Lipinski definition) is 3. The van der Waals surface area contributed by atoms with Crippen LogP contribution in [0.3, 0.4) is 0 Å². The molecular formula is C24H26IN3O2. The summed E-state index contributed by atoms with van der Waals surface area (Å²) < 4.78 is 8.50. The minimum Gasteiger partial charge on any atom is -0.496 e. The molecular weight excluding hydrogens is 489 g/mol. The van der Waals surface area contributed by atoms with Crippen LogP contribution in [0.2, 0.25) is 0 Å². The van der Waals surface area contributed by atoms with Gasteiger partial charge in [0.1, 0.15) is 5.75 Å². The van der Waals surface area contributed by atoms with Crippen molar-refractivity contribution < 1.29 is 9.53 Å². The van der Waals surface area contributed by atoms with Gasteiger partial charge in [-0.2, -0.15) is 5.10 Å². The lowest BCUT2D eigenvalue weighted by molar-refractivity contribution is 0.0954. The number of carbonyl (C=O) groups excluding carboxylic acids is 1. The number of hydrogen-bond donors (Lipinski definition) is 1. The highest BCUT2D eigenvalue weighted by Crippen LogP contribution is 2.26. The number of carbonyl (C=O) groups is 1. The van der Waals surface area contributed by atoms with E-state index in [0.717, 1.165) is 26.9 Å². The van der Waals surface area contributed by atoms with E-state index >= 15 is 0 Å². The Morgan fingerprint density at radius 2 is 1.97 bits per heavy atom. The van der Waals surface area contributed by atoms with Crippen LogP contribution in [0.25, 0.3) is 5.69 Å². The Hall–Kier alpha value is -2.61. The highest BCUT2D eigenvalue weighted by atomic mass is 127. The van der Waals surface area contributed by atoms with Crippen LogP contribution in [-0.2, 0) is 6.42 Å². The first-order valence-electron chi connectivity index (χ1n) is 9.82. The molecule has 0 unspecified atom stereocenters. The van der Waals surface area contributed by atoms with Crippen LogP contribution in [0.15, 0.2) is 47.6 Å². The summed E-state index contributed by atoms with van der Waals surface area (Å²) >= 11 is 2.17. The molecule has 30 heavy (non-hydrogen) atoms. The topological polar surface area (TPSA) is 55.6 Å². The second-order valence-electron chi connectivity index (χ2n) is 7.15. The second kappa shape index (κ2) is 9.47. The maximum absolute atomic E-state index is 12.4. The summed E-state index contributed by atoms with van der Waals surface area (Å²) in [5.74, 6) is 0.391. The normalized spacial score (nSPS) is 11.1. The average molecular weight is 515 g/mol. The Morgan fingerprint density at radius 3 is 2.67 bits per heavy atom. The molecule has 0 aliphatic heterocycles. The largest absolute Gasteiger partial charge is 0.496 e. The minimum absolute atomic E-state index is 0.276. The van der Waals surface area contributed by atoms with Gasteiger partial charge in [-0.15, -0.1) is 0 Å². The van der Waals surface area contributed by atoms with Gasteiger partial charge in [0.05, 0.1) is 22.6 Å². The number of benzene rings is 2. The molecule has 0 radical (unpaired) electrons. The van der Waals surface area contributed by atoms with E-state index in [4.69, 9.17) is 4.74 Å².